The summed E-state index contributed by atoms with van der Waals surface area (Å²) in [5.74, 6) is 0. The second-order valence-electron chi connectivity index (χ2n) is 7.64. The molecule has 146 valence electrons. The van der Waals surface area contributed by atoms with E-state index in [1.54, 1.807) is 0 Å². The fourth-order valence-corrected chi connectivity index (χ4v) is 5.14. The molecule has 2 aromatic carbocycles. The predicted octanol–water partition coefficient (Wildman–Crippen LogP) is 6.81. The Morgan fingerprint density at radius 1 is 0.815 bits per heavy atom. The molecule has 0 fully saturated rings. The molecule has 0 N–H and O–H groups in total. The van der Waals surface area contributed by atoms with Gasteiger partial charge in [-0.1, -0.05) is 55.7 Å². The van der Waals surface area contributed by atoms with E-state index in [1.807, 2.05) is 32.9 Å². The van der Waals surface area contributed by atoms with Crippen molar-refractivity contribution in [3.8, 4) is 0 Å². The van der Waals surface area contributed by atoms with Gasteiger partial charge in [0.1, 0.15) is 7.80 Å². The lowest BCUT2D eigenvalue weighted by Gasteiger charge is -2.14. The van der Waals surface area contributed by atoms with Gasteiger partial charge in [-0.15, -0.1) is 0 Å². The number of carbonyl (C=O) groups is 1. The molecule has 0 radical (unpaired) electrons. The molecule has 0 saturated heterocycles. The van der Waals surface area contributed by atoms with Crippen LogP contribution in [0.5, 0.6) is 0 Å². The molecular formula is C24H33O2P. The number of benzene rings is 2. The molecule has 1 unspecified atom stereocenters. The summed E-state index contributed by atoms with van der Waals surface area (Å²) in [6.45, 7) is 8.02. The molecule has 27 heavy (non-hydrogen) atoms. The molecule has 0 bridgehead atoms. The van der Waals surface area contributed by atoms with Gasteiger partial charge in [-0.05, 0) is 74.8 Å². The van der Waals surface area contributed by atoms with Crippen molar-refractivity contribution < 1.29 is 9.36 Å². The maximum absolute atomic E-state index is 12.7. The predicted molar refractivity (Wildman–Crippen MR) is 117 cm³/mol. The van der Waals surface area contributed by atoms with E-state index in [9.17, 15) is 9.36 Å². The number of unbranched alkanes of at least 4 members (excludes halogenated alkanes) is 4. The van der Waals surface area contributed by atoms with E-state index in [0.717, 1.165) is 42.4 Å². The summed E-state index contributed by atoms with van der Waals surface area (Å²) in [6, 6.07) is 12.6. The maximum Gasteiger partial charge on any atom is 0.219 e. The van der Waals surface area contributed by atoms with Gasteiger partial charge in [0.15, 0.2) is 0 Å². The minimum absolute atomic E-state index is 0.123. The van der Waals surface area contributed by atoms with Crippen LogP contribution in [-0.2, 0) is 11.0 Å². The highest BCUT2D eigenvalue weighted by molar-refractivity contribution is 7.64. The van der Waals surface area contributed by atoms with E-state index in [2.05, 4.69) is 31.2 Å². The molecule has 2 nitrogen and oxygen atoms in total. The van der Waals surface area contributed by atoms with Crippen LogP contribution in [0.1, 0.15) is 70.3 Å². The number of carbonyl (C=O) groups excluding carboxylic acids is 1. The fourth-order valence-electron chi connectivity index (χ4n) is 3.68. The average Bonchev–Trinajstić information content (AvgIpc) is 2.66. The Kier molecular flexibility index (Phi) is 8.51. The first-order valence-electron chi connectivity index (χ1n) is 10.1. The fraction of sp³-hybridized carbons (Fsp3) is 0.458. The number of rotatable bonds is 10. The van der Waals surface area contributed by atoms with Crippen LogP contribution in [0.4, 0.5) is 0 Å². The normalized spacial score (nSPS) is 12.1. The van der Waals surface area contributed by atoms with Gasteiger partial charge in [-0.2, -0.15) is 0 Å². The van der Waals surface area contributed by atoms with E-state index in [1.165, 1.54) is 24.0 Å². The molecule has 0 aliphatic rings. The van der Waals surface area contributed by atoms with Crippen molar-refractivity contribution in [3.05, 3.63) is 69.8 Å². The van der Waals surface area contributed by atoms with Crippen LogP contribution in [0.25, 0.3) is 0 Å². The van der Waals surface area contributed by atoms with E-state index >= 15 is 0 Å². The summed E-state index contributed by atoms with van der Waals surface area (Å²) in [5, 5.41) is 0. The lowest BCUT2D eigenvalue weighted by molar-refractivity contribution is 0.107. The third-order valence-electron chi connectivity index (χ3n) is 5.55. The van der Waals surface area contributed by atoms with Crippen LogP contribution in [-0.4, -0.2) is 11.7 Å². The molecule has 0 amide bonds. The highest BCUT2D eigenvalue weighted by Crippen LogP contribution is 2.33. The smallest absolute Gasteiger partial charge is 0.219 e. The number of hydrogen-bond acceptors (Lipinski definition) is 2. The first-order chi connectivity index (χ1) is 12.9. The van der Waals surface area contributed by atoms with Crippen LogP contribution in [0.3, 0.4) is 0 Å². The van der Waals surface area contributed by atoms with Crippen molar-refractivity contribution in [2.24, 2.45) is 0 Å². The summed E-state index contributed by atoms with van der Waals surface area (Å²) >= 11 is 0. The summed E-state index contributed by atoms with van der Waals surface area (Å²) in [5.41, 5.74) is 6.25. The van der Waals surface area contributed by atoms with Crippen LogP contribution in [0, 0.1) is 27.7 Å². The molecular weight excluding hydrogens is 351 g/mol. The zero-order valence-electron chi connectivity index (χ0n) is 17.2. The second-order valence-corrected chi connectivity index (χ2v) is 9.44. The monoisotopic (exact) mass is 384 g/mol. The summed E-state index contributed by atoms with van der Waals surface area (Å²) in [6.07, 6.45) is 7.16. The van der Waals surface area contributed by atoms with Crippen molar-refractivity contribution in [3.63, 3.8) is 0 Å². The Hall–Kier alpha value is -1.66. The maximum atomic E-state index is 12.7. The molecule has 0 saturated carbocycles. The third-order valence-corrected chi connectivity index (χ3v) is 7.11. The van der Waals surface area contributed by atoms with Crippen molar-refractivity contribution >= 4 is 13.3 Å². The van der Waals surface area contributed by atoms with Crippen molar-refractivity contribution in [2.45, 2.75) is 66.2 Å². The van der Waals surface area contributed by atoms with Gasteiger partial charge in [0, 0.05) is 11.7 Å². The van der Waals surface area contributed by atoms with Gasteiger partial charge < -0.3 is 4.57 Å². The van der Waals surface area contributed by atoms with Gasteiger partial charge >= 0.3 is 0 Å². The SMILES string of the molecule is Cc1cc(C)c(C(=O)[PH](=O)CCCCCCCc2ccccc2)c(C)c1C. The molecule has 3 heteroatoms. The standard InChI is InChI=1S/C24H33O2P/c1-18-17-19(2)23(21(4)20(18)3)24(25)27(26)16-12-7-5-6-9-13-22-14-10-8-11-15-22/h8,10-11,14-15,17,27H,5-7,9,12-13,16H2,1-4H3. The molecule has 0 aliphatic carbocycles. The minimum atomic E-state index is -2.22. The zero-order chi connectivity index (χ0) is 19.8. The Balaban J connectivity index is 1.73. The molecule has 2 rings (SSSR count). The van der Waals surface area contributed by atoms with Gasteiger partial charge in [0.25, 0.3) is 0 Å². The van der Waals surface area contributed by atoms with Crippen LogP contribution in [0.15, 0.2) is 36.4 Å². The largest absolute Gasteiger partial charge is 0.318 e. The van der Waals surface area contributed by atoms with Crippen molar-refractivity contribution in [1.82, 2.24) is 0 Å². The Morgan fingerprint density at radius 2 is 1.44 bits per heavy atom. The molecule has 0 heterocycles. The zero-order valence-corrected chi connectivity index (χ0v) is 18.2. The van der Waals surface area contributed by atoms with Gasteiger partial charge in [-0.3, -0.25) is 4.79 Å². The highest BCUT2D eigenvalue weighted by Gasteiger charge is 2.20. The average molecular weight is 385 g/mol. The minimum Gasteiger partial charge on any atom is -0.318 e. The van der Waals surface area contributed by atoms with Crippen molar-refractivity contribution in [2.75, 3.05) is 6.16 Å². The van der Waals surface area contributed by atoms with E-state index in [-0.39, 0.29) is 5.52 Å². The molecule has 1 atom stereocenters. The van der Waals surface area contributed by atoms with Gasteiger partial charge in [-0.25, -0.2) is 0 Å². The number of hydrogen-bond donors (Lipinski definition) is 0. The first-order valence-corrected chi connectivity index (χ1v) is 11.7. The molecule has 2 aromatic rings. The Morgan fingerprint density at radius 3 is 2.15 bits per heavy atom. The van der Waals surface area contributed by atoms with Gasteiger partial charge in [0.05, 0.1) is 0 Å². The Labute approximate surface area is 165 Å². The summed E-state index contributed by atoms with van der Waals surface area (Å²) in [4.78, 5) is 12.7. The van der Waals surface area contributed by atoms with Crippen molar-refractivity contribution in [1.29, 1.82) is 0 Å². The lowest BCUT2D eigenvalue weighted by atomic mass is 9.95. The third kappa shape index (κ3) is 6.18. The van der Waals surface area contributed by atoms with E-state index < -0.39 is 7.80 Å². The van der Waals surface area contributed by atoms with Crippen LogP contribution < -0.4 is 0 Å². The van der Waals surface area contributed by atoms with Crippen LogP contribution >= 0.6 is 7.80 Å². The first kappa shape index (κ1) is 21.6. The quantitative estimate of drug-likeness (QED) is 0.333. The highest BCUT2D eigenvalue weighted by atomic mass is 31.1. The summed E-state index contributed by atoms with van der Waals surface area (Å²) in [7, 11) is -2.22. The summed E-state index contributed by atoms with van der Waals surface area (Å²) < 4.78 is 12.6. The lowest BCUT2D eigenvalue weighted by Crippen LogP contribution is -2.05. The van der Waals surface area contributed by atoms with Crippen LogP contribution in [0.2, 0.25) is 0 Å². The molecule has 0 aliphatic heterocycles. The second kappa shape index (κ2) is 10.6. The van der Waals surface area contributed by atoms with E-state index in [0.29, 0.717) is 11.7 Å². The molecule has 0 spiro atoms. The number of aryl methyl sites for hydroxylation is 3. The molecule has 0 aromatic heterocycles. The van der Waals surface area contributed by atoms with Gasteiger partial charge in [0.2, 0.25) is 5.52 Å². The topological polar surface area (TPSA) is 34.1 Å². The van der Waals surface area contributed by atoms with E-state index in [4.69, 9.17) is 0 Å². The Bertz CT molecular complexity index is 794.